The quantitative estimate of drug-likeness (QED) is 0.840. The number of aryl methyl sites for hydroxylation is 1. The van der Waals surface area contributed by atoms with E-state index in [4.69, 9.17) is 0 Å². The highest BCUT2D eigenvalue weighted by atomic mass is 16.3. The van der Waals surface area contributed by atoms with Crippen LogP contribution >= 0.6 is 0 Å². The summed E-state index contributed by atoms with van der Waals surface area (Å²) >= 11 is 0. The lowest BCUT2D eigenvalue weighted by Crippen LogP contribution is -2.23. The first kappa shape index (κ1) is 16.0. The van der Waals surface area contributed by atoms with E-state index in [0.29, 0.717) is 0 Å². The van der Waals surface area contributed by atoms with Crippen LogP contribution in [0.3, 0.4) is 0 Å². The lowest BCUT2D eigenvalue weighted by atomic mass is 9.87. The zero-order valence-corrected chi connectivity index (χ0v) is 13.2. The Labute approximate surface area is 127 Å². The van der Waals surface area contributed by atoms with Gasteiger partial charge in [0, 0.05) is 12.1 Å². The van der Waals surface area contributed by atoms with Gasteiger partial charge in [-0.2, -0.15) is 0 Å². The fourth-order valence-corrected chi connectivity index (χ4v) is 3.11. The number of rotatable bonds is 6. The molecule has 1 aliphatic heterocycles. The Morgan fingerprint density at radius 2 is 2.14 bits per heavy atom. The van der Waals surface area contributed by atoms with Crippen LogP contribution in [0, 0.1) is 5.92 Å². The summed E-state index contributed by atoms with van der Waals surface area (Å²) in [4.78, 5) is 12.1. The van der Waals surface area contributed by atoms with Crippen molar-refractivity contribution >= 4 is 5.91 Å². The number of fused-ring (bicyclic) bond motifs is 1. The Bertz CT molecular complexity index is 484. The number of nitrogens with one attached hydrogen (secondary N) is 1. The Morgan fingerprint density at radius 3 is 2.86 bits per heavy atom. The number of carbonyl (C=O) groups excluding carboxylic acids is 1. The van der Waals surface area contributed by atoms with Crippen molar-refractivity contribution in [3.8, 4) is 0 Å². The van der Waals surface area contributed by atoms with Crippen molar-refractivity contribution in [3.63, 3.8) is 0 Å². The lowest BCUT2D eigenvalue weighted by Gasteiger charge is -2.22. The Hall–Kier alpha value is -1.35. The van der Waals surface area contributed by atoms with Gasteiger partial charge in [0.25, 0.3) is 5.91 Å². The Balaban J connectivity index is 2.21. The monoisotopic (exact) mass is 289 g/mol. The van der Waals surface area contributed by atoms with Crippen LogP contribution in [0.25, 0.3) is 0 Å². The van der Waals surface area contributed by atoms with Crippen LogP contribution in [0.1, 0.15) is 73.5 Å². The number of benzene rings is 1. The van der Waals surface area contributed by atoms with Crippen molar-refractivity contribution in [2.24, 2.45) is 5.92 Å². The maximum atomic E-state index is 12.1. The van der Waals surface area contributed by atoms with E-state index >= 15 is 0 Å². The van der Waals surface area contributed by atoms with Gasteiger partial charge < -0.3 is 10.4 Å². The van der Waals surface area contributed by atoms with Gasteiger partial charge in [-0.15, -0.1) is 0 Å². The minimum absolute atomic E-state index is 0.00171. The number of aliphatic hydroxyl groups is 1. The number of hydrogen-bond donors (Lipinski definition) is 2. The molecular formula is C18H27NO2. The summed E-state index contributed by atoms with van der Waals surface area (Å²) in [6.45, 7) is 5.03. The highest BCUT2D eigenvalue weighted by Gasteiger charge is 2.22. The molecule has 1 heterocycles. The van der Waals surface area contributed by atoms with E-state index in [-0.39, 0.29) is 11.8 Å². The molecule has 0 radical (unpaired) electrons. The molecule has 0 aliphatic carbocycles. The van der Waals surface area contributed by atoms with Crippen LogP contribution in [-0.2, 0) is 6.42 Å². The third kappa shape index (κ3) is 3.85. The highest BCUT2D eigenvalue weighted by Crippen LogP contribution is 2.30. The third-order valence-corrected chi connectivity index (χ3v) is 4.53. The van der Waals surface area contributed by atoms with E-state index in [0.717, 1.165) is 61.8 Å². The second kappa shape index (κ2) is 7.60. The second-order valence-electron chi connectivity index (χ2n) is 6.03. The summed E-state index contributed by atoms with van der Waals surface area (Å²) in [5.74, 6) is 0.273. The van der Waals surface area contributed by atoms with Crippen LogP contribution in [0.15, 0.2) is 18.2 Å². The topological polar surface area (TPSA) is 49.3 Å². The van der Waals surface area contributed by atoms with E-state index in [9.17, 15) is 9.90 Å². The molecule has 2 atom stereocenters. The smallest absolute Gasteiger partial charge is 0.251 e. The normalized spacial score (nSPS) is 17.6. The highest BCUT2D eigenvalue weighted by molar-refractivity contribution is 5.96. The summed E-state index contributed by atoms with van der Waals surface area (Å²) < 4.78 is 0. The molecule has 2 N–H and O–H groups in total. The zero-order valence-electron chi connectivity index (χ0n) is 13.2. The summed E-state index contributed by atoms with van der Waals surface area (Å²) in [5.41, 5.74) is 2.73. The van der Waals surface area contributed by atoms with Gasteiger partial charge in [-0.05, 0) is 42.4 Å². The van der Waals surface area contributed by atoms with Crippen LogP contribution in [0.4, 0.5) is 0 Å². The molecule has 0 saturated carbocycles. The van der Waals surface area contributed by atoms with Crippen LogP contribution in [-0.4, -0.2) is 17.6 Å². The number of carbonyl (C=O) groups is 1. The first-order chi connectivity index (χ1) is 10.2. The van der Waals surface area contributed by atoms with Crippen molar-refractivity contribution in [2.75, 3.05) is 6.54 Å². The van der Waals surface area contributed by atoms with Gasteiger partial charge in [-0.1, -0.05) is 45.2 Å². The minimum Gasteiger partial charge on any atom is -0.388 e. The first-order valence-electron chi connectivity index (χ1n) is 8.26. The summed E-state index contributed by atoms with van der Waals surface area (Å²) in [6, 6.07) is 5.91. The average molecular weight is 289 g/mol. The molecule has 1 aromatic rings. The summed E-state index contributed by atoms with van der Waals surface area (Å²) in [6.07, 6.45) is 5.73. The van der Waals surface area contributed by atoms with Gasteiger partial charge in [0.15, 0.2) is 0 Å². The Kier molecular flexibility index (Phi) is 5.80. The molecule has 2 unspecified atom stereocenters. The van der Waals surface area contributed by atoms with Gasteiger partial charge >= 0.3 is 0 Å². The van der Waals surface area contributed by atoms with E-state index in [1.807, 2.05) is 18.2 Å². The molecule has 0 aromatic heterocycles. The van der Waals surface area contributed by atoms with E-state index in [2.05, 4.69) is 19.2 Å². The maximum absolute atomic E-state index is 12.1. The fourth-order valence-electron chi connectivity index (χ4n) is 3.11. The molecule has 1 amide bonds. The van der Waals surface area contributed by atoms with Crippen LogP contribution in [0.2, 0.25) is 0 Å². The largest absolute Gasteiger partial charge is 0.388 e. The number of unbranched alkanes of at least 4 members (excludes halogenated alkanes) is 1. The van der Waals surface area contributed by atoms with Gasteiger partial charge in [-0.25, -0.2) is 0 Å². The molecule has 0 fully saturated rings. The SMILES string of the molecule is CCCCC(CC)C(O)c1ccc2c(c1)C(=O)NCCC2. The second-order valence-corrected chi connectivity index (χ2v) is 6.03. The predicted molar refractivity (Wildman–Crippen MR) is 85.4 cm³/mol. The first-order valence-corrected chi connectivity index (χ1v) is 8.26. The predicted octanol–water partition coefficient (Wildman–Crippen LogP) is 3.61. The van der Waals surface area contributed by atoms with Crippen LogP contribution in [0.5, 0.6) is 0 Å². The number of aliphatic hydroxyl groups excluding tert-OH is 1. The third-order valence-electron chi connectivity index (χ3n) is 4.53. The van der Waals surface area contributed by atoms with Crippen molar-refractivity contribution in [3.05, 3.63) is 34.9 Å². The molecule has 116 valence electrons. The van der Waals surface area contributed by atoms with Gasteiger partial charge in [0.2, 0.25) is 0 Å². The zero-order chi connectivity index (χ0) is 15.2. The van der Waals surface area contributed by atoms with E-state index < -0.39 is 6.10 Å². The van der Waals surface area contributed by atoms with Crippen molar-refractivity contribution in [1.82, 2.24) is 5.32 Å². The number of amides is 1. The maximum Gasteiger partial charge on any atom is 0.251 e. The summed E-state index contributed by atoms with van der Waals surface area (Å²) in [5, 5.41) is 13.6. The van der Waals surface area contributed by atoms with Crippen LogP contribution < -0.4 is 5.32 Å². The fraction of sp³-hybridized carbons (Fsp3) is 0.611. The average Bonchev–Trinajstić information content (AvgIpc) is 2.69. The number of hydrogen-bond acceptors (Lipinski definition) is 2. The van der Waals surface area contributed by atoms with Crippen molar-refractivity contribution < 1.29 is 9.90 Å². The molecule has 1 aliphatic rings. The molecule has 0 spiro atoms. The van der Waals surface area contributed by atoms with Gasteiger partial charge in [0.05, 0.1) is 6.10 Å². The standard InChI is InChI=1S/C18H27NO2/c1-3-5-7-13(4-2)17(20)15-10-9-14-8-6-11-19-18(21)16(14)12-15/h9-10,12-13,17,20H,3-8,11H2,1-2H3,(H,19,21). The molecule has 21 heavy (non-hydrogen) atoms. The molecular weight excluding hydrogens is 262 g/mol. The molecule has 0 saturated heterocycles. The molecule has 0 bridgehead atoms. The van der Waals surface area contributed by atoms with E-state index in [1.165, 1.54) is 0 Å². The summed E-state index contributed by atoms with van der Waals surface area (Å²) in [7, 11) is 0. The minimum atomic E-state index is -0.470. The molecule has 3 nitrogen and oxygen atoms in total. The van der Waals surface area contributed by atoms with E-state index in [1.54, 1.807) is 0 Å². The lowest BCUT2D eigenvalue weighted by molar-refractivity contribution is 0.0949. The molecule has 3 heteroatoms. The molecule has 1 aromatic carbocycles. The van der Waals surface area contributed by atoms with Crippen molar-refractivity contribution in [2.45, 2.75) is 58.5 Å². The van der Waals surface area contributed by atoms with Gasteiger partial charge in [0.1, 0.15) is 0 Å². The van der Waals surface area contributed by atoms with Crippen molar-refractivity contribution in [1.29, 1.82) is 0 Å². The Morgan fingerprint density at radius 1 is 1.33 bits per heavy atom. The molecule has 2 rings (SSSR count). The van der Waals surface area contributed by atoms with Gasteiger partial charge in [-0.3, -0.25) is 4.79 Å².